The van der Waals surface area contributed by atoms with Gasteiger partial charge < -0.3 is 15.0 Å². The summed E-state index contributed by atoms with van der Waals surface area (Å²) in [6, 6.07) is 11.2. The Morgan fingerprint density at radius 3 is 2.35 bits per heavy atom. The molecule has 1 N–H and O–H groups in total. The number of thiophene rings is 1. The van der Waals surface area contributed by atoms with E-state index < -0.39 is 0 Å². The van der Waals surface area contributed by atoms with Crippen molar-refractivity contribution in [1.82, 2.24) is 10.2 Å². The number of benzene rings is 1. The number of aryl methyl sites for hydroxylation is 1. The molecule has 2 atom stereocenters. The van der Waals surface area contributed by atoms with Crippen LogP contribution < -0.4 is 5.32 Å². The first-order chi connectivity index (χ1) is 12.4. The molecule has 2 aromatic rings. The monoisotopic (exact) mass is 372 g/mol. The molecule has 0 aliphatic carbocycles. The molecule has 1 saturated heterocycles. The van der Waals surface area contributed by atoms with Crippen molar-refractivity contribution in [3.8, 4) is 0 Å². The molecule has 6 heteroatoms. The highest BCUT2D eigenvalue weighted by Gasteiger charge is 2.26. The van der Waals surface area contributed by atoms with Gasteiger partial charge in [0.15, 0.2) is 0 Å². The van der Waals surface area contributed by atoms with Crippen LogP contribution in [0.15, 0.2) is 36.4 Å². The van der Waals surface area contributed by atoms with Crippen LogP contribution in [0.3, 0.4) is 0 Å². The number of carbonyl (C=O) groups excluding carboxylic acids is 2. The predicted octanol–water partition coefficient (Wildman–Crippen LogP) is 3.24. The summed E-state index contributed by atoms with van der Waals surface area (Å²) in [5, 5.41) is 2.91. The molecule has 1 aliphatic rings. The average molecular weight is 372 g/mol. The molecule has 0 spiro atoms. The second-order valence-corrected chi connectivity index (χ2v) is 8.05. The van der Waals surface area contributed by atoms with Crippen molar-refractivity contribution >= 4 is 23.2 Å². The quantitative estimate of drug-likeness (QED) is 0.896. The van der Waals surface area contributed by atoms with Crippen LogP contribution in [-0.2, 0) is 11.3 Å². The molecule has 1 aliphatic heterocycles. The summed E-state index contributed by atoms with van der Waals surface area (Å²) in [7, 11) is 0. The fraction of sp³-hybridized carbons (Fsp3) is 0.400. The predicted molar refractivity (Wildman–Crippen MR) is 103 cm³/mol. The van der Waals surface area contributed by atoms with Crippen LogP contribution in [0, 0.1) is 6.92 Å². The molecule has 0 radical (unpaired) electrons. The van der Waals surface area contributed by atoms with Gasteiger partial charge in [0.1, 0.15) is 0 Å². The van der Waals surface area contributed by atoms with Crippen molar-refractivity contribution in [1.29, 1.82) is 0 Å². The first-order valence-electron chi connectivity index (χ1n) is 8.80. The number of nitrogens with zero attached hydrogens (tertiary/aromatic N) is 1. The second-order valence-electron chi connectivity index (χ2n) is 6.76. The number of amides is 2. The fourth-order valence-corrected chi connectivity index (χ4v) is 3.90. The van der Waals surface area contributed by atoms with Crippen molar-refractivity contribution < 1.29 is 14.3 Å². The van der Waals surface area contributed by atoms with Crippen molar-refractivity contribution in [2.24, 2.45) is 0 Å². The Bertz CT molecular complexity index is 775. The van der Waals surface area contributed by atoms with Gasteiger partial charge in [0.2, 0.25) is 0 Å². The Labute approximate surface area is 158 Å². The van der Waals surface area contributed by atoms with Crippen LogP contribution in [0.2, 0.25) is 0 Å². The van der Waals surface area contributed by atoms with Gasteiger partial charge in [-0.05, 0) is 50.6 Å². The minimum atomic E-state index is -0.0699. The topological polar surface area (TPSA) is 58.6 Å². The van der Waals surface area contributed by atoms with Gasteiger partial charge in [-0.2, -0.15) is 0 Å². The van der Waals surface area contributed by atoms with E-state index in [-0.39, 0.29) is 24.0 Å². The summed E-state index contributed by atoms with van der Waals surface area (Å²) in [6.45, 7) is 7.61. The van der Waals surface area contributed by atoms with E-state index in [4.69, 9.17) is 4.74 Å². The third kappa shape index (κ3) is 4.51. The van der Waals surface area contributed by atoms with Gasteiger partial charge in [-0.15, -0.1) is 11.3 Å². The Morgan fingerprint density at radius 1 is 1.12 bits per heavy atom. The Hall–Kier alpha value is -2.18. The first-order valence-corrected chi connectivity index (χ1v) is 9.62. The molecular formula is C20H24N2O3S. The maximum absolute atomic E-state index is 12.7. The molecule has 2 unspecified atom stereocenters. The van der Waals surface area contributed by atoms with Crippen LogP contribution in [0.4, 0.5) is 0 Å². The van der Waals surface area contributed by atoms with Crippen molar-refractivity contribution in [3.63, 3.8) is 0 Å². The second kappa shape index (κ2) is 8.01. The lowest BCUT2D eigenvalue weighted by molar-refractivity contribution is -0.0586. The van der Waals surface area contributed by atoms with E-state index in [1.54, 1.807) is 0 Å². The summed E-state index contributed by atoms with van der Waals surface area (Å²) in [5.74, 6) is -0.0452. The summed E-state index contributed by atoms with van der Waals surface area (Å²) in [4.78, 5) is 28.4. The smallest absolute Gasteiger partial charge is 0.261 e. The van der Waals surface area contributed by atoms with Gasteiger partial charge in [-0.3, -0.25) is 9.59 Å². The van der Waals surface area contributed by atoms with Gasteiger partial charge in [0, 0.05) is 30.1 Å². The van der Waals surface area contributed by atoms with E-state index in [9.17, 15) is 9.59 Å². The van der Waals surface area contributed by atoms with E-state index in [2.05, 4.69) is 5.32 Å². The molecule has 1 aromatic heterocycles. The molecule has 2 heterocycles. The lowest BCUT2D eigenvalue weighted by Crippen LogP contribution is -2.48. The number of nitrogens with one attached hydrogen (secondary N) is 1. The maximum atomic E-state index is 12.7. The molecule has 0 saturated carbocycles. The van der Waals surface area contributed by atoms with Crippen LogP contribution in [0.25, 0.3) is 0 Å². The lowest BCUT2D eigenvalue weighted by atomic mass is 10.1. The van der Waals surface area contributed by atoms with E-state index in [0.29, 0.717) is 30.1 Å². The first kappa shape index (κ1) is 18.6. The minimum absolute atomic E-state index is 0.0247. The standard InChI is InChI=1S/C20H24N2O3S/c1-13-11-22(12-14(2)25-13)20(24)17-7-5-16(6-8-17)10-21-19(23)18-9-4-15(3)26-18/h4-9,13-14H,10-12H2,1-3H3,(H,21,23). The number of rotatable bonds is 4. The van der Waals surface area contributed by atoms with Crippen molar-refractivity contribution in [3.05, 3.63) is 57.3 Å². The normalized spacial score (nSPS) is 20.0. The molecule has 2 amide bonds. The Morgan fingerprint density at radius 2 is 1.77 bits per heavy atom. The molecule has 3 rings (SSSR count). The SMILES string of the molecule is Cc1ccc(C(=O)NCc2ccc(C(=O)N3CC(C)OC(C)C3)cc2)s1. The lowest BCUT2D eigenvalue weighted by Gasteiger charge is -2.35. The highest BCUT2D eigenvalue weighted by atomic mass is 32.1. The van der Waals surface area contributed by atoms with Gasteiger partial charge >= 0.3 is 0 Å². The van der Waals surface area contributed by atoms with Crippen molar-refractivity contribution in [2.75, 3.05) is 13.1 Å². The summed E-state index contributed by atoms with van der Waals surface area (Å²) in [6.07, 6.45) is 0.108. The number of carbonyl (C=O) groups is 2. The summed E-state index contributed by atoms with van der Waals surface area (Å²) in [5.41, 5.74) is 1.63. The molecular weight excluding hydrogens is 348 g/mol. The zero-order valence-corrected chi connectivity index (χ0v) is 16.1. The van der Waals surface area contributed by atoms with Crippen molar-refractivity contribution in [2.45, 2.75) is 39.5 Å². The molecule has 138 valence electrons. The van der Waals surface area contributed by atoms with E-state index in [0.717, 1.165) is 10.4 Å². The van der Waals surface area contributed by atoms with Crippen LogP contribution in [0.1, 0.15) is 44.3 Å². The van der Waals surface area contributed by atoms with Gasteiger partial charge in [-0.25, -0.2) is 0 Å². The molecule has 0 bridgehead atoms. The molecule has 5 nitrogen and oxygen atoms in total. The van der Waals surface area contributed by atoms with E-state index in [1.165, 1.54) is 11.3 Å². The Balaban J connectivity index is 1.58. The zero-order chi connectivity index (χ0) is 18.7. The van der Waals surface area contributed by atoms with Crippen LogP contribution in [0.5, 0.6) is 0 Å². The third-order valence-corrected chi connectivity index (χ3v) is 5.32. The fourth-order valence-electron chi connectivity index (χ4n) is 3.12. The Kier molecular flexibility index (Phi) is 5.74. The summed E-state index contributed by atoms with van der Waals surface area (Å²) >= 11 is 1.48. The maximum Gasteiger partial charge on any atom is 0.261 e. The minimum Gasteiger partial charge on any atom is -0.372 e. The summed E-state index contributed by atoms with van der Waals surface area (Å²) < 4.78 is 5.68. The van der Waals surface area contributed by atoms with Gasteiger partial charge in [0.05, 0.1) is 17.1 Å². The van der Waals surface area contributed by atoms with Crippen LogP contribution in [-0.4, -0.2) is 42.0 Å². The average Bonchev–Trinajstić information content (AvgIpc) is 3.05. The molecule has 26 heavy (non-hydrogen) atoms. The molecule has 1 aromatic carbocycles. The van der Waals surface area contributed by atoms with E-state index in [1.807, 2.05) is 62.1 Å². The zero-order valence-electron chi connectivity index (χ0n) is 15.3. The van der Waals surface area contributed by atoms with Gasteiger partial charge in [-0.1, -0.05) is 12.1 Å². The number of ether oxygens (including phenoxy) is 1. The highest BCUT2D eigenvalue weighted by molar-refractivity contribution is 7.13. The third-order valence-electron chi connectivity index (χ3n) is 4.32. The number of morpholine rings is 1. The number of hydrogen-bond acceptors (Lipinski definition) is 4. The molecule has 1 fully saturated rings. The highest BCUT2D eigenvalue weighted by Crippen LogP contribution is 2.16. The largest absolute Gasteiger partial charge is 0.372 e. The van der Waals surface area contributed by atoms with E-state index >= 15 is 0 Å². The van der Waals surface area contributed by atoms with Gasteiger partial charge in [0.25, 0.3) is 11.8 Å². The number of hydrogen-bond donors (Lipinski definition) is 1. The van der Waals surface area contributed by atoms with Crippen LogP contribution >= 0.6 is 11.3 Å².